The first kappa shape index (κ1) is 19.5. The number of amides is 1. The summed E-state index contributed by atoms with van der Waals surface area (Å²) in [7, 11) is 0. The molecule has 0 radical (unpaired) electrons. The fraction of sp³-hybridized carbons (Fsp3) is 0.200. The van der Waals surface area contributed by atoms with Crippen LogP contribution in [-0.4, -0.2) is 17.3 Å². The van der Waals surface area contributed by atoms with Gasteiger partial charge >= 0.3 is 6.36 Å². The van der Waals surface area contributed by atoms with Crippen LogP contribution in [0.25, 0.3) is 10.9 Å². The van der Waals surface area contributed by atoms with Crippen LogP contribution in [-0.2, 0) is 11.2 Å². The Morgan fingerprint density at radius 2 is 1.75 bits per heavy atom. The summed E-state index contributed by atoms with van der Waals surface area (Å²) in [5.41, 5.74) is 3.33. The van der Waals surface area contributed by atoms with E-state index in [1.54, 1.807) is 30.3 Å². The molecule has 1 aromatic heterocycles. The topological polar surface area (TPSA) is 63.2 Å². The minimum absolute atomic E-state index is 0.175. The standard InChI is InChI=1S/C20H18F3N3O2/c1-3-13-10-19(26-15-6-4-14(5-7-15)24-12(2)27)17-11-16(28-20(21,22)23)8-9-18(17)25-13/h4-11H,3H2,1-2H3,(H,24,27)(H,25,26). The van der Waals surface area contributed by atoms with Gasteiger partial charge < -0.3 is 15.4 Å². The fourth-order valence-corrected chi connectivity index (χ4v) is 2.74. The Labute approximate surface area is 159 Å². The van der Waals surface area contributed by atoms with Gasteiger partial charge in [-0.25, -0.2) is 0 Å². The van der Waals surface area contributed by atoms with E-state index < -0.39 is 6.36 Å². The summed E-state index contributed by atoms with van der Waals surface area (Å²) in [6.07, 6.45) is -4.09. The smallest absolute Gasteiger partial charge is 0.406 e. The normalized spacial score (nSPS) is 11.3. The highest BCUT2D eigenvalue weighted by Crippen LogP contribution is 2.32. The van der Waals surface area contributed by atoms with Crippen molar-refractivity contribution in [2.75, 3.05) is 10.6 Å². The zero-order valence-electron chi connectivity index (χ0n) is 15.2. The van der Waals surface area contributed by atoms with Gasteiger partial charge in [0.05, 0.1) is 5.52 Å². The van der Waals surface area contributed by atoms with E-state index in [4.69, 9.17) is 0 Å². The Kier molecular flexibility index (Phi) is 5.39. The number of aromatic nitrogens is 1. The molecule has 1 heterocycles. The minimum atomic E-state index is -4.77. The molecule has 2 N–H and O–H groups in total. The number of benzene rings is 2. The summed E-state index contributed by atoms with van der Waals surface area (Å²) < 4.78 is 41.7. The van der Waals surface area contributed by atoms with Crippen LogP contribution in [0.3, 0.4) is 0 Å². The Morgan fingerprint density at radius 3 is 2.36 bits per heavy atom. The van der Waals surface area contributed by atoms with Gasteiger partial charge in [0.25, 0.3) is 0 Å². The van der Waals surface area contributed by atoms with Crippen LogP contribution < -0.4 is 15.4 Å². The third-order valence-corrected chi connectivity index (χ3v) is 3.91. The summed E-state index contributed by atoms with van der Waals surface area (Å²) >= 11 is 0. The summed E-state index contributed by atoms with van der Waals surface area (Å²) in [6.45, 7) is 3.36. The highest BCUT2D eigenvalue weighted by Gasteiger charge is 2.31. The quantitative estimate of drug-likeness (QED) is 0.613. The highest BCUT2D eigenvalue weighted by atomic mass is 19.4. The van der Waals surface area contributed by atoms with Gasteiger partial charge in [-0.05, 0) is 55.0 Å². The summed E-state index contributed by atoms with van der Waals surface area (Å²) in [5, 5.41) is 6.38. The Hall–Kier alpha value is -3.29. The molecule has 0 bridgehead atoms. The summed E-state index contributed by atoms with van der Waals surface area (Å²) in [4.78, 5) is 15.6. The van der Waals surface area contributed by atoms with Crippen molar-refractivity contribution < 1.29 is 22.7 Å². The molecule has 0 aliphatic carbocycles. The Balaban J connectivity index is 1.97. The molecule has 146 valence electrons. The van der Waals surface area contributed by atoms with Crippen LogP contribution in [0.4, 0.5) is 30.2 Å². The van der Waals surface area contributed by atoms with Crippen LogP contribution in [0.5, 0.6) is 5.75 Å². The molecule has 2 aromatic carbocycles. The van der Waals surface area contributed by atoms with E-state index in [0.29, 0.717) is 34.4 Å². The van der Waals surface area contributed by atoms with Crippen molar-refractivity contribution in [1.29, 1.82) is 0 Å². The van der Waals surface area contributed by atoms with Crippen molar-refractivity contribution in [2.45, 2.75) is 26.6 Å². The predicted molar refractivity (Wildman–Crippen MR) is 102 cm³/mol. The fourth-order valence-electron chi connectivity index (χ4n) is 2.74. The van der Waals surface area contributed by atoms with Crippen molar-refractivity contribution in [3.05, 3.63) is 54.2 Å². The number of anilines is 3. The number of rotatable bonds is 5. The van der Waals surface area contributed by atoms with E-state index >= 15 is 0 Å². The molecule has 3 rings (SSSR count). The van der Waals surface area contributed by atoms with E-state index in [1.165, 1.54) is 25.1 Å². The number of aryl methyl sites for hydroxylation is 1. The lowest BCUT2D eigenvalue weighted by Crippen LogP contribution is -2.17. The van der Waals surface area contributed by atoms with E-state index in [9.17, 15) is 18.0 Å². The first-order chi connectivity index (χ1) is 13.2. The van der Waals surface area contributed by atoms with Crippen LogP contribution in [0.1, 0.15) is 19.5 Å². The van der Waals surface area contributed by atoms with E-state index in [1.807, 2.05) is 6.92 Å². The van der Waals surface area contributed by atoms with Crippen molar-refractivity contribution in [2.24, 2.45) is 0 Å². The molecule has 0 spiro atoms. The molecule has 0 atom stereocenters. The molecule has 0 saturated carbocycles. The zero-order valence-corrected chi connectivity index (χ0v) is 15.2. The number of pyridine rings is 1. The maximum absolute atomic E-state index is 12.6. The van der Waals surface area contributed by atoms with Gasteiger partial charge in [-0.2, -0.15) is 0 Å². The lowest BCUT2D eigenvalue weighted by atomic mass is 10.1. The molecule has 0 fully saturated rings. The number of halogens is 3. The zero-order chi connectivity index (χ0) is 20.3. The van der Waals surface area contributed by atoms with Crippen molar-refractivity contribution in [1.82, 2.24) is 4.98 Å². The lowest BCUT2D eigenvalue weighted by Gasteiger charge is -2.14. The molecule has 1 amide bonds. The lowest BCUT2D eigenvalue weighted by molar-refractivity contribution is -0.274. The Morgan fingerprint density at radius 1 is 1.07 bits per heavy atom. The van der Waals surface area contributed by atoms with E-state index in [-0.39, 0.29) is 11.7 Å². The minimum Gasteiger partial charge on any atom is -0.406 e. The monoisotopic (exact) mass is 389 g/mol. The van der Waals surface area contributed by atoms with Crippen molar-refractivity contribution in [3.63, 3.8) is 0 Å². The van der Waals surface area contributed by atoms with Gasteiger partial charge in [0.2, 0.25) is 5.91 Å². The van der Waals surface area contributed by atoms with E-state index in [2.05, 4.69) is 20.4 Å². The average Bonchev–Trinajstić information content (AvgIpc) is 2.61. The number of nitrogens with zero attached hydrogens (tertiary/aromatic N) is 1. The molecular formula is C20H18F3N3O2. The van der Waals surface area contributed by atoms with Gasteiger partial charge in [-0.1, -0.05) is 6.92 Å². The van der Waals surface area contributed by atoms with Crippen molar-refractivity contribution >= 4 is 33.9 Å². The van der Waals surface area contributed by atoms with Gasteiger partial charge in [0, 0.05) is 35.1 Å². The van der Waals surface area contributed by atoms with Gasteiger partial charge in [-0.15, -0.1) is 13.2 Å². The molecule has 0 saturated heterocycles. The molecule has 0 unspecified atom stereocenters. The number of carbonyl (C=O) groups is 1. The number of fused-ring (bicyclic) bond motifs is 1. The van der Waals surface area contributed by atoms with Gasteiger partial charge in [0.1, 0.15) is 5.75 Å². The maximum atomic E-state index is 12.6. The average molecular weight is 389 g/mol. The highest BCUT2D eigenvalue weighted by molar-refractivity contribution is 5.94. The molecule has 0 aliphatic heterocycles. The number of ether oxygens (including phenoxy) is 1. The summed E-state index contributed by atoms with van der Waals surface area (Å²) in [5.74, 6) is -0.485. The third kappa shape index (κ3) is 4.91. The first-order valence-electron chi connectivity index (χ1n) is 8.57. The maximum Gasteiger partial charge on any atom is 0.573 e. The van der Waals surface area contributed by atoms with Gasteiger partial charge in [0.15, 0.2) is 0 Å². The Bertz CT molecular complexity index is 1000. The predicted octanol–water partition coefficient (Wildman–Crippen LogP) is 5.40. The molecule has 28 heavy (non-hydrogen) atoms. The molecule has 3 aromatic rings. The van der Waals surface area contributed by atoms with Crippen LogP contribution >= 0.6 is 0 Å². The van der Waals surface area contributed by atoms with Crippen LogP contribution in [0.2, 0.25) is 0 Å². The molecule has 8 heteroatoms. The second kappa shape index (κ2) is 7.75. The number of alkyl halides is 3. The largest absolute Gasteiger partial charge is 0.573 e. The second-order valence-electron chi connectivity index (χ2n) is 6.13. The number of carbonyl (C=O) groups excluding carboxylic acids is 1. The van der Waals surface area contributed by atoms with Gasteiger partial charge in [-0.3, -0.25) is 9.78 Å². The second-order valence-corrected chi connectivity index (χ2v) is 6.13. The summed E-state index contributed by atoms with van der Waals surface area (Å²) in [6, 6.07) is 12.8. The van der Waals surface area contributed by atoms with Crippen molar-refractivity contribution in [3.8, 4) is 5.75 Å². The number of nitrogens with one attached hydrogen (secondary N) is 2. The third-order valence-electron chi connectivity index (χ3n) is 3.91. The first-order valence-corrected chi connectivity index (χ1v) is 8.57. The van der Waals surface area contributed by atoms with Crippen LogP contribution in [0.15, 0.2) is 48.5 Å². The SMILES string of the molecule is CCc1cc(Nc2ccc(NC(C)=O)cc2)c2cc(OC(F)(F)F)ccc2n1. The molecule has 0 aliphatic rings. The number of hydrogen-bond acceptors (Lipinski definition) is 4. The van der Waals surface area contributed by atoms with Crippen LogP contribution in [0, 0.1) is 0 Å². The number of hydrogen-bond donors (Lipinski definition) is 2. The van der Waals surface area contributed by atoms with E-state index in [0.717, 1.165) is 5.69 Å². The molecular weight excluding hydrogens is 371 g/mol. The molecule has 5 nitrogen and oxygen atoms in total.